The molecular weight excluding hydrogens is 426 g/mol. The van der Waals surface area contributed by atoms with Gasteiger partial charge in [-0.05, 0) is 19.1 Å². The Morgan fingerprint density at radius 1 is 1.17 bits per heavy atom. The zero-order valence-corrected chi connectivity index (χ0v) is 16.2. The lowest BCUT2D eigenvalue weighted by molar-refractivity contribution is -0.141. The standard InChI is InChI=1S/C19H14ClF4N5O/c1-12(21)6-4-2-3-5-8-29-15(13-7-9-30-28-13)10-14(27-29)18-25-16(19(22,23)24)11-17(20)26-18/h2-7,9-11H,8H2,1H3/b4-2-,5-3+,12-6+. The molecule has 3 aromatic rings. The highest BCUT2D eigenvalue weighted by molar-refractivity contribution is 6.29. The van der Waals surface area contributed by atoms with Crippen LogP contribution in [0.1, 0.15) is 12.6 Å². The molecule has 3 rings (SSSR count). The van der Waals surface area contributed by atoms with Crippen LogP contribution in [0.4, 0.5) is 17.6 Å². The van der Waals surface area contributed by atoms with Gasteiger partial charge in [-0.25, -0.2) is 14.4 Å². The van der Waals surface area contributed by atoms with Gasteiger partial charge < -0.3 is 4.52 Å². The lowest BCUT2D eigenvalue weighted by atomic mass is 10.2. The number of alkyl halides is 3. The Morgan fingerprint density at radius 3 is 2.63 bits per heavy atom. The van der Waals surface area contributed by atoms with Crippen molar-refractivity contribution in [3.8, 4) is 22.9 Å². The van der Waals surface area contributed by atoms with E-state index < -0.39 is 11.9 Å². The van der Waals surface area contributed by atoms with Crippen LogP contribution in [0.15, 0.2) is 65.2 Å². The molecule has 30 heavy (non-hydrogen) atoms. The van der Waals surface area contributed by atoms with Gasteiger partial charge in [0.15, 0.2) is 5.82 Å². The lowest BCUT2D eigenvalue weighted by Gasteiger charge is -2.06. The van der Waals surface area contributed by atoms with Gasteiger partial charge in [-0.1, -0.05) is 41.1 Å². The average molecular weight is 440 g/mol. The van der Waals surface area contributed by atoms with Crippen molar-refractivity contribution in [2.45, 2.75) is 19.6 Å². The number of nitrogens with zero attached hydrogens (tertiary/aromatic N) is 5. The van der Waals surface area contributed by atoms with Gasteiger partial charge in [0.25, 0.3) is 0 Å². The molecule has 0 unspecified atom stereocenters. The molecule has 0 bridgehead atoms. The Balaban J connectivity index is 1.95. The van der Waals surface area contributed by atoms with Crippen LogP contribution in [0.3, 0.4) is 0 Å². The molecule has 0 radical (unpaired) electrons. The zero-order chi connectivity index (χ0) is 21.7. The number of rotatable bonds is 6. The zero-order valence-electron chi connectivity index (χ0n) is 15.4. The minimum atomic E-state index is -4.68. The summed E-state index contributed by atoms with van der Waals surface area (Å²) in [6.07, 6.45) is 4.51. The molecule has 0 aromatic carbocycles. The van der Waals surface area contributed by atoms with E-state index in [9.17, 15) is 17.6 Å². The average Bonchev–Trinajstić information content (AvgIpc) is 3.32. The summed E-state index contributed by atoms with van der Waals surface area (Å²) in [5.41, 5.74) is -0.187. The molecule has 3 aromatic heterocycles. The van der Waals surface area contributed by atoms with Crippen molar-refractivity contribution in [1.82, 2.24) is 24.9 Å². The molecule has 3 heterocycles. The summed E-state index contributed by atoms with van der Waals surface area (Å²) in [7, 11) is 0. The highest BCUT2D eigenvalue weighted by Gasteiger charge is 2.34. The normalized spacial score (nSPS) is 13.1. The first kappa shape index (κ1) is 21.4. The van der Waals surface area contributed by atoms with Gasteiger partial charge in [0.05, 0.1) is 18.1 Å². The highest BCUT2D eigenvalue weighted by Crippen LogP contribution is 2.31. The molecular formula is C19H14ClF4N5O. The van der Waals surface area contributed by atoms with Crippen molar-refractivity contribution in [3.63, 3.8) is 0 Å². The molecule has 0 aliphatic heterocycles. The van der Waals surface area contributed by atoms with Gasteiger partial charge in [-0.15, -0.1) is 0 Å². The Kier molecular flexibility index (Phi) is 6.46. The first-order valence-corrected chi connectivity index (χ1v) is 8.88. The summed E-state index contributed by atoms with van der Waals surface area (Å²) in [6.45, 7) is 1.57. The van der Waals surface area contributed by atoms with Gasteiger partial charge in [0, 0.05) is 12.1 Å². The van der Waals surface area contributed by atoms with Crippen molar-refractivity contribution in [3.05, 3.63) is 71.5 Å². The fourth-order valence-electron chi connectivity index (χ4n) is 2.39. The van der Waals surface area contributed by atoms with Crippen molar-refractivity contribution in [1.29, 1.82) is 0 Å². The third-order valence-electron chi connectivity index (χ3n) is 3.66. The number of hydrogen-bond donors (Lipinski definition) is 0. The molecule has 11 heteroatoms. The lowest BCUT2D eigenvalue weighted by Crippen LogP contribution is -2.09. The van der Waals surface area contributed by atoms with E-state index in [0.29, 0.717) is 17.5 Å². The molecule has 0 saturated carbocycles. The Hall–Kier alpha value is -3.27. The minimum absolute atomic E-state index is 0.0842. The number of allylic oxidation sites excluding steroid dienone is 6. The molecule has 0 aliphatic carbocycles. The van der Waals surface area contributed by atoms with Crippen molar-refractivity contribution in [2.24, 2.45) is 0 Å². The van der Waals surface area contributed by atoms with E-state index in [1.54, 1.807) is 24.3 Å². The van der Waals surface area contributed by atoms with Crippen molar-refractivity contribution in [2.75, 3.05) is 0 Å². The molecule has 6 nitrogen and oxygen atoms in total. The summed E-state index contributed by atoms with van der Waals surface area (Å²) >= 11 is 5.74. The van der Waals surface area contributed by atoms with Crippen LogP contribution in [0, 0.1) is 0 Å². The topological polar surface area (TPSA) is 69.6 Å². The summed E-state index contributed by atoms with van der Waals surface area (Å²) in [5, 5.41) is 7.76. The van der Waals surface area contributed by atoms with Crippen LogP contribution in [0.2, 0.25) is 5.15 Å². The van der Waals surface area contributed by atoms with Crippen molar-refractivity contribution >= 4 is 11.6 Å². The predicted molar refractivity (Wildman–Crippen MR) is 102 cm³/mol. The van der Waals surface area contributed by atoms with Crippen LogP contribution >= 0.6 is 11.6 Å². The Bertz CT molecular complexity index is 1100. The first-order chi connectivity index (χ1) is 14.2. The Morgan fingerprint density at radius 2 is 1.97 bits per heavy atom. The van der Waals surface area contributed by atoms with Gasteiger partial charge >= 0.3 is 6.18 Å². The number of aromatic nitrogens is 5. The monoisotopic (exact) mass is 439 g/mol. The van der Waals surface area contributed by atoms with Gasteiger partial charge in [-0.2, -0.15) is 18.3 Å². The summed E-state index contributed by atoms with van der Waals surface area (Å²) in [6, 6.07) is 3.71. The van der Waals surface area contributed by atoms with E-state index >= 15 is 0 Å². The SMILES string of the molecule is C\C(F)=C/C=C\C=C\Cn1nc(-c2nc(Cl)cc(C(F)(F)F)n2)cc1-c1ccon1. The van der Waals surface area contributed by atoms with E-state index in [0.717, 1.165) is 0 Å². The van der Waals surface area contributed by atoms with Gasteiger partial charge in [0.1, 0.15) is 28.5 Å². The summed E-state index contributed by atoms with van der Waals surface area (Å²) in [4.78, 5) is 7.39. The third kappa shape index (κ3) is 5.41. The van der Waals surface area contributed by atoms with Gasteiger partial charge in [0.2, 0.25) is 0 Å². The first-order valence-electron chi connectivity index (χ1n) is 8.50. The number of halogens is 5. The molecule has 0 aliphatic rings. The third-order valence-corrected chi connectivity index (χ3v) is 3.85. The van der Waals surface area contributed by atoms with Crippen LogP contribution in [-0.4, -0.2) is 24.9 Å². The second-order valence-corrected chi connectivity index (χ2v) is 6.33. The molecule has 0 fully saturated rings. The van der Waals surface area contributed by atoms with Gasteiger partial charge in [-0.3, -0.25) is 4.68 Å². The second kappa shape index (κ2) is 9.04. The maximum absolute atomic E-state index is 13.0. The molecule has 156 valence electrons. The largest absolute Gasteiger partial charge is 0.433 e. The van der Waals surface area contributed by atoms with E-state index in [2.05, 4.69) is 20.2 Å². The fourth-order valence-corrected chi connectivity index (χ4v) is 2.57. The second-order valence-electron chi connectivity index (χ2n) is 5.95. The predicted octanol–water partition coefficient (Wildman–Crippen LogP) is 5.65. The molecule has 0 amide bonds. The quantitative estimate of drug-likeness (QED) is 0.282. The fraction of sp³-hybridized carbons (Fsp3) is 0.158. The molecule has 0 atom stereocenters. The maximum Gasteiger partial charge on any atom is 0.433 e. The van der Waals surface area contributed by atoms with E-state index in [4.69, 9.17) is 16.1 Å². The molecule has 0 N–H and O–H groups in total. The highest BCUT2D eigenvalue weighted by atomic mass is 35.5. The summed E-state index contributed by atoms with van der Waals surface area (Å²) < 4.78 is 58.1. The smallest absolute Gasteiger partial charge is 0.364 e. The number of hydrogen-bond acceptors (Lipinski definition) is 5. The summed E-state index contributed by atoms with van der Waals surface area (Å²) in [5.74, 6) is -0.602. The molecule has 0 saturated heterocycles. The maximum atomic E-state index is 13.0. The molecule has 0 spiro atoms. The van der Waals surface area contributed by atoms with E-state index in [-0.39, 0.29) is 29.0 Å². The van der Waals surface area contributed by atoms with Crippen LogP contribution < -0.4 is 0 Å². The van der Waals surface area contributed by atoms with E-state index in [1.165, 1.54) is 36.1 Å². The van der Waals surface area contributed by atoms with E-state index in [1.807, 2.05) is 0 Å². The van der Waals surface area contributed by atoms with Crippen LogP contribution in [-0.2, 0) is 12.7 Å². The van der Waals surface area contributed by atoms with Crippen LogP contribution in [0.25, 0.3) is 22.9 Å². The minimum Gasteiger partial charge on any atom is -0.364 e. The van der Waals surface area contributed by atoms with Crippen LogP contribution in [0.5, 0.6) is 0 Å². The van der Waals surface area contributed by atoms with Crippen molar-refractivity contribution < 1.29 is 22.1 Å². The Labute approximate surface area is 173 Å².